The number of benzene rings is 2. The van der Waals surface area contributed by atoms with Crippen molar-refractivity contribution in [3.63, 3.8) is 0 Å². The van der Waals surface area contributed by atoms with E-state index in [0.29, 0.717) is 36.7 Å². The van der Waals surface area contributed by atoms with Crippen LogP contribution in [0.5, 0.6) is 5.75 Å². The molecule has 0 aliphatic carbocycles. The van der Waals surface area contributed by atoms with Crippen LogP contribution in [-0.4, -0.2) is 73.5 Å². The summed E-state index contributed by atoms with van der Waals surface area (Å²) < 4.78 is 34.0. The topological polar surface area (TPSA) is 36.0 Å². The third-order valence-electron chi connectivity index (χ3n) is 7.21. The molecule has 0 unspecified atom stereocenters. The van der Waals surface area contributed by atoms with E-state index < -0.39 is 17.0 Å². The predicted octanol–water partition coefficient (Wildman–Crippen LogP) is 4.75. The van der Waals surface area contributed by atoms with Crippen molar-refractivity contribution in [1.82, 2.24) is 14.7 Å². The van der Waals surface area contributed by atoms with Gasteiger partial charge in [-0.25, -0.2) is 8.78 Å². The molecule has 4 rings (SSSR count). The lowest BCUT2D eigenvalue weighted by molar-refractivity contribution is -0.137. The zero-order valence-corrected chi connectivity index (χ0v) is 21.3. The highest BCUT2D eigenvalue weighted by molar-refractivity contribution is 6.31. The Morgan fingerprint density at radius 1 is 1.09 bits per heavy atom. The van der Waals surface area contributed by atoms with Crippen molar-refractivity contribution >= 4 is 17.5 Å². The van der Waals surface area contributed by atoms with Gasteiger partial charge in [0, 0.05) is 67.8 Å². The Morgan fingerprint density at radius 3 is 2.57 bits per heavy atom. The van der Waals surface area contributed by atoms with Crippen LogP contribution in [0.25, 0.3) is 0 Å². The molecule has 0 aromatic heterocycles. The van der Waals surface area contributed by atoms with Gasteiger partial charge in [0.05, 0.1) is 6.61 Å². The molecule has 0 radical (unpaired) electrons. The molecular formula is C27H34ClF2N3O2. The predicted molar refractivity (Wildman–Crippen MR) is 134 cm³/mol. The SMILES string of the molecule is Cc1cc(OC[C@@]2(CC(=O)N3CCN(C)CC3)CCCN(Cc3ccc(F)cc3F)C2)ccc1Cl. The second-order valence-electron chi connectivity index (χ2n) is 10.1. The fourth-order valence-corrected chi connectivity index (χ4v) is 5.20. The van der Waals surface area contributed by atoms with Crippen LogP contribution < -0.4 is 4.74 Å². The Morgan fingerprint density at radius 2 is 1.86 bits per heavy atom. The molecule has 0 spiro atoms. The van der Waals surface area contributed by atoms with E-state index in [-0.39, 0.29) is 5.91 Å². The second-order valence-corrected chi connectivity index (χ2v) is 10.5. The van der Waals surface area contributed by atoms with Crippen molar-refractivity contribution < 1.29 is 18.3 Å². The van der Waals surface area contributed by atoms with Crippen LogP contribution in [0.2, 0.25) is 5.02 Å². The van der Waals surface area contributed by atoms with Gasteiger partial charge in [0.15, 0.2) is 0 Å². The van der Waals surface area contributed by atoms with Crippen molar-refractivity contribution in [2.45, 2.75) is 32.7 Å². The molecule has 0 saturated carbocycles. The Hall–Kier alpha value is -2.22. The van der Waals surface area contributed by atoms with Gasteiger partial charge in [-0.05, 0) is 63.2 Å². The molecule has 5 nitrogen and oxygen atoms in total. The van der Waals surface area contributed by atoms with Crippen LogP contribution >= 0.6 is 11.6 Å². The monoisotopic (exact) mass is 505 g/mol. The van der Waals surface area contributed by atoms with Crippen LogP contribution in [0.15, 0.2) is 36.4 Å². The maximum Gasteiger partial charge on any atom is 0.223 e. The van der Waals surface area contributed by atoms with Gasteiger partial charge in [-0.2, -0.15) is 0 Å². The molecule has 2 aliphatic heterocycles. The smallest absolute Gasteiger partial charge is 0.223 e. The number of halogens is 3. The van der Waals surface area contributed by atoms with Gasteiger partial charge in [0.1, 0.15) is 17.4 Å². The summed E-state index contributed by atoms with van der Waals surface area (Å²) in [6.07, 6.45) is 2.11. The van der Waals surface area contributed by atoms with Crippen LogP contribution in [0.1, 0.15) is 30.4 Å². The van der Waals surface area contributed by atoms with Crippen molar-refractivity contribution in [1.29, 1.82) is 0 Å². The van der Waals surface area contributed by atoms with Gasteiger partial charge in [-0.1, -0.05) is 17.7 Å². The Labute approximate surface area is 211 Å². The summed E-state index contributed by atoms with van der Waals surface area (Å²) in [6.45, 7) is 7.29. The highest BCUT2D eigenvalue weighted by Gasteiger charge is 2.40. The molecule has 35 heavy (non-hydrogen) atoms. The summed E-state index contributed by atoms with van der Waals surface area (Å²) >= 11 is 6.17. The highest BCUT2D eigenvalue weighted by Crippen LogP contribution is 2.36. The maximum absolute atomic E-state index is 14.4. The lowest BCUT2D eigenvalue weighted by Crippen LogP contribution is -2.52. The third kappa shape index (κ3) is 6.72. The van der Waals surface area contributed by atoms with Gasteiger partial charge < -0.3 is 14.5 Å². The van der Waals surface area contributed by atoms with Crippen LogP contribution in [0.4, 0.5) is 8.78 Å². The molecule has 2 heterocycles. The first-order valence-corrected chi connectivity index (χ1v) is 12.6. The normalized spacial score (nSPS) is 21.8. The molecule has 2 aromatic rings. The first kappa shape index (κ1) is 25.9. The minimum Gasteiger partial charge on any atom is -0.493 e. The summed E-state index contributed by atoms with van der Waals surface area (Å²) in [7, 11) is 2.07. The molecule has 8 heteroatoms. The van der Waals surface area contributed by atoms with E-state index in [9.17, 15) is 13.6 Å². The molecule has 0 bridgehead atoms. The quantitative estimate of drug-likeness (QED) is 0.544. The summed E-state index contributed by atoms with van der Waals surface area (Å²) in [4.78, 5) is 19.7. The van der Waals surface area contributed by atoms with Crippen molar-refractivity contribution in [2.24, 2.45) is 5.41 Å². The first-order valence-electron chi connectivity index (χ1n) is 12.2. The van der Waals surface area contributed by atoms with Crippen molar-refractivity contribution in [3.05, 3.63) is 64.2 Å². The summed E-state index contributed by atoms with van der Waals surface area (Å²) in [6, 6.07) is 9.29. The molecule has 190 valence electrons. The molecule has 1 atom stereocenters. The number of likely N-dealkylation sites (tertiary alicyclic amines) is 1. The Balaban J connectivity index is 1.51. The number of carbonyl (C=O) groups excluding carboxylic acids is 1. The van der Waals surface area contributed by atoms with Crippen LogP contribution in [-0.2, 0) is 11.3 Å². The number of ether oxygens (including phenoxy) is 1. The van der Waals surface area contributed by atoms with E-state index in [1.165, 1.54) is 12.1 Å². The van der Waals surface area contributed by atoms with Gasteiger partial charge >= 0.3 is 0 Å². The molecule has 2 fully saturated rings. The number of piperazine rings is 1. The minimum absolute atomic E-state index is 0.142. The van der Waals surface area contributed by atoms with E-state index in [1.54, 1.807) is 0 Å². The Kier molecular flexibility index (Phi) is 8.30. The van der Waals surface area contributed by atoms with Gasteiger partial charge in [0.2, 0.25) is 5.91 Å². The van der Waals surface area contributed by atoms with Gasteiger partial charge in [0.25, 0.3) is 0 Å². The number of carbonyl (C=O) groups is 1. The van der Waals surface area contributed by atoms with Crippen molar-refractivity contribution in [3.8, 4) is 5.75 Å². The van der Waals surface area contributed by atoms with Crippen LogP contribution in [0, 0.1) is 24.0 Å². The fourth-order valence-electron chi connectivity index (χ4n) is 5.08. The van der Waals surface area contributed by atoms with Crippen LogP contribution in [0.3, 0.4) is 0 Å². The van der Waals surface area contributed by atoms with Crippen molar-refractivity contribution in [2.75, 3.05) is 52.9 Å². The van der Waals surface area contributed by atoms with Gasteiger partial charge in [-0.3, -0.25) is 9.69 Å². The number of hydrogen-bond acceptors (Lipinski definition) is 4. The average Bonchev–Trinajstić information content (AvgIpc) is 2.82. The molecule has 2 aromatic carbocycles. The van der Waals surface area contributed by atoms with E-state index in [4.69, 9.17) is 16.3 Å². The first-order chi connectivity index (χ1) is 16.7. The summed E-state index contributed by atoms with van der Waals surface area (Å²) in [5.74, 6) is -0.255. The number of aryl methyl sites for hydroxylation is 1. The summed E-state index contributed by atoms with van der Waals surface area (Å²) in [5.41, 5.74) is 0.994. The summed E-state index contributed by atoms with van der Waals surface area (Å²) in [5, 5.41) is 0.683. The molecular weight excluding hydrogens is 472 g/mol. The largest absolute Gasteiger partial charge is 0.493 e. The molecule has 0 N–H and O–H groups in total. The number of hydrogen-bond donors (Lipinski definition) is 0. The molecule has 2 saturated heterocycles. The minimum atomic E-state index is -0.580. The third-order valence-corrected chi connectivity index (χ3v) is 7.63. The van der Waals surface area contributed by atoms with E-state index in [0.717, 1.165) is 62.9 Å². The van der Waals surface area contributed by atoms with Gasteiger partial charge in [-0.15, -0.1) is 0 Å². The lowest BCUT2D eigenvalue weighted by Gasteiger charge is -2.43. The second kappa shape index (κ2) is 11.2. The number of nitrogens with zero attached hydrogens (tertiary/aromatic N) is 3. The lowest BCUT2D eigenvalue weighted by atomic mass is 9.77. The number of amides is 1. The average molecular weight is 506 g/mol. The fraction of sp³-hybridized carbons (Fsp3) is 0.519. The zero-order valence-electron chi connectivity index (χ0n) is 20.5. The van der Waals surface area contributed by atoms with E-state index >= 15 is 0 Å². The van der Waals surface area contributed by atoms with E-state index in [1.807, 2.05) is 30.0 Å². The highest BCUT2D eigenvalue weighted by atomic mass is 35.5. The molecule has 1 amide bonds. The zero-order chi connectivity index (χ0) is 25.0. The number of piperidine rings is 1. The maximum atomic E-state index is 14.4. The molecule has 2 aliphatic rings. The Bertz CT molecular complexity index is 1050. The number of likely N-dealkylation sites (N-methyl/N-ethyl adjacent to an activating group) is 1. The standard InChI is InChI=1S/C27H34ClF2N3O2/c1-20-14-23(6-7-24(20)28)35-19-27(16-26(34)33-12-10-31(2)11-13-33)8-3-9-32(18-27)17-21-4-5-22(29)15-25(21)30/h4-7,14-15H,3,8-13,16-19H2,1-2H3/t27-/m1/s1. The number of rotatable bonds is 7. The van der Waals surface area contributed by atoms with E-state index in [2.05, 4.69) is 16.8 Å².